The van der Waals surface area contributed by atoms with Crippen molar-refractivity contribution in [3.8, 4) is 5.75 Å². The normalized spacial score (nSPS) is 11.0. The molecule has 1 aromatic carbocycles. The Labute approximate surface area is 143 Å². The van der Waals surface area contributed by atoms with Crippen LogP contribution in [0, 0.1) is 5.82 Å². The van der Waals surface area contributed by atoms with Gasteiger partial charge in [0.2, 0.25) is 0 Å². The fourth-order valence-electron chi connectivity index (χ4n) is 2.76. The second-order valence-corrected chi connectivity index (χ2v) is 5.62. The van der Waals surface area contributed by atoms with Gasteiger partial charge in [0.05, 0.1) is 12.9 Å². The number of phenols is 1. The molecule has 3 rings (SSSR count). The van der Waals surface area contributed by atoms with Crippen molar-refractivity contribution >= 4 is 22.4 Å². The number of aryl methyl sites for hydroxylation is 1. The molecule has 0 saturated heterocycles. The third-order valence-electron chi connectivity index (χ3n) is 3.92. The number of rotatable bonds is 6. The lowest BCUT2D eigenvalue weighted by Gasteiger charge is -2.14. The van der Waals surface area contributed by atoms with E-state index in [2.05, 4.69) is 15.3 Å². The highest BCUT2D eigenvalue weighted by Gasteiger charge is 2.13. The highest BCUT2D eigenvalue weighted by molar-refractivity contribution is 5.90. The SMILES string of the molecule is NCCc1c(O)c(CCF)cc2cnc(Nc3ccc(F)cn3)cc12. The smallest absolute Gasteiger partial charge is 0.141 e. The van der Waals surface area contributed by atoms with Crippen molar-refractivity contribution < 1.29 is 13.9 Å². The lowest BCUT2D eigenvalue weighted by Crippen LogP contribution is -2.05. The largest absolute Gasteiger partial charge is 0.507 e. The van der Waals surface area contributed by atoms with E-state index in [1.54, 1.807) is 18.3 Å². The molecule has 2 aromatic heterocycles. The molecule has 0 amide bonds. The van der Waals surface area contributed by atoms with E-state index in [1.807, 2.05) is 0 Å². The van der Waals surface area contributed by atoms with Crippen molar-refractivity contribution in [2.45, 2.75) is 12.8 Å². The van der Waals surface area contributed by atoms with Crippen LogP contribution in [0.1, 0.15) is 11.1 Å². The van der Waals surface area contributed by atoms with Gasteiger partial charge in [-0.25, -0.2) is 14.4 Å². The number of fused-ring (bicyclic) bond motifs is 1. The number of hydrogen-bond donors (Lipinski definition) is 3. The fourth-order valence-corrected chi connectivity index (χ4v) is 2.76. The molecule has 3 aromatic rings. The van der Waals surface area contributed by atoms with Gasteiger partial charge in [0, 0.05) is 23.6 Å². The minimum atomic E-state index is -0.551. The first kappa shape index (κ1) is 17.0. The van der Waals surface area contributed by atoms with E-state index in [0.717, 1.165) is 17.0 Å². The maximum absolute atomic E-state index is 12.9. The van der Waals surface area contributed by atoms with Gasteiger partial charge in [-0.1, -0.05) is 0 Å². The molecule has 130 valence electrons. The first-order valence-corrected chi connectivity index (χ1v) is 7.90. The van der Waals surface area contributed by atoms with Crippen LogP contribution >= 0.6 is 0 Å². The third kappa shape index (κ3) is 3.66. The first-order chi connectivity index (χ1) is 12.1. The Morgan fingerprint density at radius 3 is 2.56 bits per heavy atom. The Bertz CT molecular complexity index is 884. The number of halogens is 2. The van der Waals surface area contributed by atoms with E-state index < -0.39 is 12.5 Å². The highest BCUT2D eigenvalue weighted by Crippen LogP contribution is 2.33. The zero-order valence-electron chi connectivity index (χ0n) is 13.5. The number of alkyl halides is 1. The van der Waals surface area contributed by atoms with Crippen molar-refractivity contribution in [3.05, 3.63) is 53.6 Å². The maximum atomic E-state index is 12.9. The molecule has 0 unspecified atom stereocenters. The summed E-state index contributed by atoms with van der Waals surface area (Å²) in [5.41, 5.74) is 6.87. The van der Waals surface area contributed by atoms with Crippen LogP contribution in [0.4, 0.5) is 20.4 Å². The number of aromatic hydroxyl groups is 1. The van der Waals surface area contributed by atoms with Crippen molar-refractivity contribution in [2.75, 3.05) is 18.5 Å². The Hall–Kier alpha value is -2.80. The minimum absolute atomic E-state index is 0.0765. The molecule has 2 heterocycles. The van der Waals surface area contributed by atoms with Crippen molar-refractivity contribution in [1.82, 2.24) is 9.97 Å². The van der Waals surface area contributed by atoms with Crippen LogP contribution in [0.3, 0.4) is 0 Å². The van der Waals surface area contributed by atoms with Crippen molar-refractivity contribution in [3.63, 3.8) is 0 Å². The molecule has 0 aliphatic rings. The Balaban J connectivity index is 2.04. The minimum Gasteiger partial charge on any atom is -0.507 e. The van der Waals surface area contributed by atoms with Gasteiger partial charge in [0.1, 0.15) is 23.2 Å². The van der Waals surface area contributed by atoms with Gasteiger partial charge in [-0.2, -0.15) is 0 Å². The Morgan fingerprint density at radius 2 is 1.88 bits per heavy atom. The zero-order chi connectivity index (χ0) is 17.8. The fraction of sp³-hybridized carbons (Fsp3) is 0.222. The lowest BCUT2D eigenvalue weighted by atomic mass is 9.97. The maximum Gasteiger partial charge on any atom is 0.141 e. The predicted molar refractivity (Wildman–Crippen MR) is 93.3 cm³/mol. The number of nitrogens with zero attached hydrogens (tertiary/aromatic N) is 2. The van der Waals surface area contributed by atoms with Gasteiger partial charge in [-0.15, -0.1) is 0 Å². The van der Waals surface area contributed by atoms with E-state index in [0.29, 0.717) is 35.7 Å². The molecule has 0 spiro atoms. The Kier molecular flexibility index (Phi) is 5.04. The predicted octanol–water partition coefficient (Wildman–Crippen LogP) is 3.23. The van der Waals surface area contributed by atoms with E-state index in [-0.39, 0.29) is 12.2 Å². The van der Waals surface area contributed by atoms with Crippen LogP contribution < -0.4 is 11.1 Å². The summed E-state index contributed by atoms with van der Waals surface area (Å²) in [6.45, 7) is -0.198. The molecule has 4 N–H and O–H groups in total. The van der Waals surface area contributed by atoms with Gasteiger partial charge in [-0.05, 0) is 48.2 Å². The Morgan fingerprint density at radius 1 is 1.08 bits per heavy atom. The van der Waals surface area contributed by atoms with E-state index >= 15 is 0 Å². The number of phenolic OH excluding ortho intramolecular Hbond substituents is 1. The first-order valence-electron chi connectivity index (χ1n) is 7.90. The second-order valence-electron chi connectivity index (χ2n) is 5.62. The summed E-state index contributed by atoms with van der Waals surface area (Å²) in [6, 6.07) is 6.30. The number of nitrogens with one attached hydrogen (secondary N) is 1. The van der Waals surface area contributed by atoms with Gasteiger partial charge in [0.15, 0.2) is 0 Å². The molecule has 0 bridgehead atoms. The summed E-state index contributed by atoms with van der Waals surface area (Å²) >= 11 is 0. The van der Waals surface area contributed by atoms with Gasteiger partial charge in [0.25, 0.3) is 0 Å². The van der Waals surface area contributed by atoms with Crippen LogP contribution in [0.2, 0.25) is 0 Å². The summed E-state index contributed by atoms with van der Waals surface area (Å²) < 4.78 is 25.7. The number of benzene rings is 1. The topological polar surface area (TPSA) is 84.1 Å². The van der Waals surface area contributed by atoms with Crippen LogP contribution in [0.15, 0.2) is 36.7 Å². The van der Waals surface area contributed by atoms with Gasteiger partial charge < -0.3 is 16.2 Å². The standard InChI is InChI=1S/C18H18F2N4O/c19-5-3-11-7-12-9-22-17(24-16-2-1-13(20)10-23-16)8-15(12)14(4-6-21)18(11)25/h1-2,7-10,25H,3-6,21H2,(H,22,23,24). The summed E-state index contributed by atoms with van der Waals surface area (Å²) in [4.78, 5) is 8.24. The number of pyridine rings is 2. The number of hydrogen-bond acceptors (Lipinski definition) is 5. The van der Waals surface area contributed by atoms with Crippen LogP contribution in [0.5, 0.6) is 5.75 Å². The van der Waals surface area contributed by atoms with Crippen LogP contribution in [-0.2, 0) is 12.8 Å². The molecule has 0 saturated carbocycles. The van der Waals surface area contributed by atoms with Gasteiger partial charge >= 0.3 is 0 Å². The highest BCUT2D eigenvalue weighted by atomic mass is 19.1. The van der Waals surface area contributed by atoms with Crippen molar-refractivity contribution in [1.29, 1.82) is 0 Å². The number of aromatic nitrogens is 2. The molecule has 0 atom stereocenters. The lowest BCUT2D eigenvalue weighted by molar-refractivity contribution is 0.448. The van der Waals surface area contributed by atoms with Crippen molar-refractivity contribution in [2.24, 2.45) is 5.73 Å². The summed E-state index contributed by atoms with van der Waals surface area (Å²) in [5.74, 6) is 0.606. The molecule has 25 heavy (non-hydrogen) atoms. The monoisotopic (exact) mass is 344 g/mol. The van der Waals surface area contributed by atoms with E-state index in [9.17, 15) is 13.9 Å². The third-order valence-corrected chi connectivity index (χ3v) is 3.92. The molecular formula is C18H18F2N4O. The van der Waals surface area contributed by atoms with Crippen LogP contribution in [0.25, 0.3) is 10.8 Å². The van der Waals surface area contributed by atoms with Gasteiger partial charge in [-0.3, -0.25) is 4.39 Å². The zero-order valence-corrected chi connectivity index (χ0v) is 13.5. The molecule has 5 nitrogen and oxygen atoms in total. The average Bonchev–Trinajstić information content (AvgIpc) is 2.61. The summed E-state index contributed by atoms with van der Waals surface area (Å²) in [5, 5.41) is 15.0. The quantitative estimate of drug-likeness (QED) is 0.639. The molecular weight excluding hydrogens is 326 g/mol. The molecule has 0 radical (unpaired) electrons. The number of nitrogens with two attached hydrogens (primary N) is 1. The molecule has 0 aliphatic heterocycles. The summed E-state index contributed by atoms with van der Waals surface area (Å²) in [7, 11) is 0. The van der Waals surface area contributed by atoms with Crippen LogP contribution in [-0.4, -0.2) is 28.3 Å². The van der Waals surface area contributed by atoms with E-state index in [1.165, 1.54) is 12.1 Å². The average molecular weight is 344 g/mol. The molecule has 0 fully saturated rings. The number of anilines is 2. The van der Waals surface area contributed by atoms with E-state index in [4.69, 9.17) is 5.73 Å². The molecule has 0 aliphatic carbocycles. The molecule has 7 heteroatoms. The summed E-state index contributed by atoms with van der Waals surface area (Å²) in [6.07, 6.45) is 3.35. The second kappa shape index (κ2) is 7.40.